The molecule has 1 aromatic rings. The highest BCUT2D eigenvalue weighted by Gasteiger charge is 2.23. The Kier molecular flexibility index (Phi) is 6.56. The van der Waals surface area contributed by atoms with E-state index in [9.17, 15) is 14.4 Å². The normalized spacial score (nSPS) is 17.1. The standard InChI is InChI=1S/C19H26N2O4/c1-13-7-8-16(10-14(13)2)19(24)20-11-18(23)25-12-17(22)21-9-5-4-6-15(21)3/h7-8,10,15H,4-6,9,11-12H2,1-3H3,(H,20,24)/t15-/m0/s1. The van der Waals surface area contributed by atoms with Gasteiger partial charge in [-0.3, -0.25) is 14.4 Å². The Morgan fingerprint density at radius 1 is 1.20 bits per heavy atom. The zero-order valence-corrected chi connectivity index (χ0v) is 15.1. The molecule has 1 atom stereocenters. The fourth-order valence-electron chi connectivity index (χ4n) is 2.88. The molecule has 2 amide bonds. The van der Waals surface area contributed by atoms with Crippen molar-refractivity contribution in [3.63, 3.8) is 0 Å². The van der Waals surface area contributed by atoms with Crippen LogP contribution in [0.25, 0.3) is 0 Å². The quantitative estimate of drug-likeness (QED) is 0.827. The number of ether oxygens (including phenoxy) is 1. The van der Waals surface area contributed by atoms with Gasteiger partial charge in [0.15, 0.2) is 6.61 Å². The van der Waals surface area contributed by atoms with Crippen molar-refractivity contribution in [1.29, 1.82) is 0 Å². The summed E-state index contributed by atoms with van der Waals surface area (Å²) in [5.41, 5.74) is 2.60. The maximum absolute atomic E-state index is 12.1. The molecule has 2 rings (SSSR count). The molecule has 1 aliphatic heterocycles. The summed E-state index contributed by atoms with van der Waals surface area (Å²) in [7, 11) is 0. The lowest BCUT2D eigenvalue weighted by atomic mass is 10.0. The van der Waals surface area contributed by atoms with Gasteiger partial charge >= 0.3 is 5.97 Å². The number of hydrogen-bond donors (Lipinski definition) is 1. The Labute approximate surface area is 148 Å². The van der Waals surface area contributed by atoms with E-state index in [0.29, 0.717) is 12.1 Å². The van der Waals surface area contributed by atoms with Crippen LogP contribution in [0.2, 0.25) is 0 Å². The minimum absolute atomic E-state index is 0.180. The summed E-state index contributed by atoms with van der Waals surface area (Å²) < 4.78 is 4.99. The van der Waals surface area contributed by atoms with Crippen LogP contribution < -0.4 is 5.32 Å². The van der Waals surface area contributed by atoms with Crippen LogP contribution in [-0.2, 0) is 14.3 Å². The van der Waals surface area contributed by atoms with Crippen molar-refractivity contribution in [3.8, 4) is 0 Å². The first-order valence-corrected chi connectivity index (χ1v) is 8.69. The van der Waals surface area contributed by atoms with Crippen LogP contribution in [0.3, 0.4) is 0 Å². The minimum atomic E-state index is -0.616. The average Bonchev–Trinajstić information content (AvgIpc) is 2.60. The van der Waals surface area contributed by atoms with Crippen LogP contribution in [0.4, 0.5) is 0 Å². The minimum Gasteiger partial charge on any atom is -0.454 e. The van der Waals surface area contributed by atoms with Gasteiger partial charge in [0, 0.05) is 18.2 Å². The molecule has 1 aliphatic rings. The topological polar surface area (TPSA) is 75.7 Å². The van der Waals surface area contributed by atoms with Crippen LogP contribution in [-0.4, -0.2) is 48.4 Å². The first-order valence-electron chi connectivity index (χ1n) is 8.69. The molecule has 0 spiro atoms. The predicted octanol–water partition coefficient (Wildman–Crippen LogP) is 1.98. The molecule has 1 saturated heterocycles. The number of amides is 2. The van der Waals surface area contributed by atoms with Crippen molar-refractivity contribution < 1.29 is 19.1 Å². The lowest BCUT2D eigenvalue weighted by Crippen LogP contribution is -2.44. The second kappa shape index (κ2) is 8.65. The molecule has 1 N–H and O–H groups in total. The van der Waals surface area contributed by atoms with Crippen LogP contribution >= 0.6 is 0 Å². The molecule has 0 radical (unpaired) electrons. The number of esters is 1. The van der Waals surface area contributed by atoms with E-state index in [1.54, 1.807) is 17.0 Å². The summed E-state index contributed by atoms with van der Waals surface area (Å²) in [6.07, 6.45) is 3.08. The molecule has 0 unspecified atom stereocenters. The van der Waals surface area contributed by atoms with E-state index < -0.39 is 5.97 Å². The summed E-state index contributed by atoms with van der Waals surface area (Å²) >= 11 is 0. The van der Waals surface area contributed by atoms with E-state index in [1.807, 2.05) is 26.8 Å². The van der Waals surface area contributed by atoms with Crippen LogP contribution in [0, 0.1) is 13.8 Å². The summed E-state index contributed by atoms with van der Waals surface area (Å²) in [6, 6.07) is 5.53. The summed E-state index contributed by atoms with van der Waals surface area (Å²) in [6.45, 7) is 6.07. The maximum atomic E-state index is 12.1. The lowest BCUT2D eigenvalue weighted by molar-refractivity contribution is -0.152. The van der Waals surface area contributed by atoms with E-state index in [4.69, 9.17) is 4.74 Å². The summed E-state index contributed by atoms with van der Waals surface area (Å²) in [5, 5.41) is 2.52. The molecular formula is C19H26N2O4. The van der Waals surface area contributed by atoms with E-state index in [-0.39, 0.29) is 31.0 Å². The van der Waals surface area contributed by atoms with Crippen molar-refractivity contribution >= 4 is 17.8 Å². The number of benzene rings is 1. The summed E-state index contributed by atoms with van der Waals surface area (Å²) in [5.74, 6) is -1.13. The van der Waals surface area contributed by atoms with Gasteiger partial charge in [-0.2, -0.15) is 0 Å². The van der Waals surface area contributed by atoms with Crippen LogP contribution in [0.15, 0.2) is 18.2 Å². The van der Waals surface area contributed by atoms with Gasteiger partial charge in [0.25, 0.3) is 11.8 Å². The van der Waals surface area contributed by atoms with Crippen molar-refractivity contribution in [3.05, 3.63) is 34.9 Å². The van der Waals surface area contributed by atoms with Crippen molar-refractivity contribution in [2.45, 2.75) is 46.1 Å². The Morgan fingerprint density at radius 2 is 1.96 bits per heavy atom. The second-order valence-corrected chi connectivity index (χ2v) is 6.57. The van der Waals surface area contributed by atoms with Crippen LogP contribution in [0.1, 0.15) is 47.7 Å². The fourth-order valence-corrected chi connectivity index (χ4v) is 2.88. The molecule has 1 aromatic carbocycles. The number of carbonyl (C=O) groups excluding carboxylic acids is 3. The van der Waals surface area contributed by atoms with Gasteiger partial charge in [-0.15, -0.1) is 0 Å². The number of nitrogens with one attached hydrogen (secondary N) is 1. The highest BCUT2D eigenvalue weighted by Crippen LogP contribution is 2.16. The van der Waals surface area contributed by atoms with E-state index >= 15 is 0 Å². The van der Waals surface area contributed by atoms with Gasteiger partial charge in [0.1, 0.15) is 6.54 Å². The SMILES string of the molecule is Cc1ccc(C(=O)NCC(=O)OCC(=O)N2CCCC[C@@H]2C)cc1C. The third-order valence-corrected chi connectivity index (χ3v) is 4.64. The van der Waals surface area contributed by atoms with Gasteiger partial charge in [0.05, 0.1) is 0 Å². The molecule has 136 valence electrons. The fraction of sp³-hybridized carbons (Fsp3) is 0.526. The molecule has 0 aliphatic carbocycles. The number of piperidine rings is 1. The average molecular weight is 346 g/mol. The van der Waals surface area contributed by atoms with Gasteiger partial charge < -0.3 is 15.0 Å². The van der Waals surface area contributed by atoms with Gasteiger partial charge in [-0.25, -0.2) is 0 Å². The van der Waals surface area contributed by atoms with Gasteiger partial charge in [-0.05, 0) is 63.3 Å². The van der Waals surface area contributed by atoms with E-state index in [1.165, 1.54) is 0 Å². The molecule has 1 fully saturated rings. The molecular weight excluding hydrogens is 320 g/mol. The Hall–Kier alpha value is -2.37. The predicted molar refractivity (Wildman–Crippen MR) is 94.2 cm³/mol. The molecule has 25 heavy (non-hydrogen) atoms. The zero-order chi connectivity index (χ0) is 18.4. The second-order valence-electron chi connectivity index (χ2n) is 6.57. The number of rotatable bonds is 5. The molecule has 0 aromatic heterocycles. The lowest BCUT2D eigenvalue weighted by Gasteiger charge is -2.33. The molecule has 6 heteroatoms. The maximum Gasteiger partial charge on any atom is 0.325 e. The third-order valence-electron chi connectivity index (χ3n) is 4.64. The van der Waals surface area contributed by atoms with E-state index in [0.717, 1.165) is 30.4 Å². The number of nitrogens with zero attached hydrogens (tertiary/aromatic N) is 1. The number of carbonyl (C=O) groups is 3. The first kappa shape index (κ1) is 19.0. The smallest absolute Gasteiger partial charge is 0.325 e. The third kappa shape index (κ3) is 5.31. The highest BCUT2D eigenvalue weighted by atomic mass is 16.5. The Bertz CT molecular complexity index is 657. The number of hydrogen-bond acceptors (Lipinski definition) is 4. The number of likely N-dealkylation sites (tertiary alicyclic amines) is 1. The van der Waals surface area contributed by atoms with Crippen molar-refractivity contribution in [1.82, 2.24) is 10.2 Å². The van der Waals surface area contributed by atoms with Crippen LogP contribution in [0.5, 0.6) is 0 Å². The largest absolute Gasteiger partial charge is 0.454 e. The Morgan fingerprint density at radius 3 is 2.64 bits per heavy atom. The summed E-state index contributed by atoms with van der Waals surface area (Å²) in [4.78, 5) is 37.7. The number of aryl methyl sites for hydroxylation is 2. The monoisotopic (exact) mass is 346 g/mol. The van der Waals surface area contributed by atoms with Crippen molar-refractivity contribution in [2.24, 2.45) is 0 Å². The highest BCUT2D eigenvalue weighted by molar-refractivity contribution is 5.96. The molecule has 0 saturated carbocycles. The Balaban J connectivity index is 1.75. The van der Waals surface area contributed by atoms with Gasteiger partial charge in [0.2, 0.25) is 0 Å². The first-order chi connectivity index (χ1) is 11.9. The molecule has 1 heterocycles. The van der Waals surface area contributed by atoms with E-state index in [2.05, 4.69) is 5.32 Å². The molecule has 0 bridgehead atoms. The van der Waals surface area contributed by atoms with Crippen molar-refractivity contribution in [2.75, 3.05) is 19.7 Å². The zero-order valence-electron chi connectivity index (χ0n) is 15.1. The van der Waals surface area contributed by atoms with Gasteiger partial charge in [-0.1, -0.05) is 6.07 Å². The molecule has 6 nitrogen and oxygen atoms in total.